The van der Waals surface area contributed by atoms with Crippen LogP contribution in [0.4, 0.5) is 5.82 Å². The highest BCUT2D eigenvalue weighted by Crippen LogP contribution is 2.42. The van der Waals surface area contributed by atoms with E-state index in [2.05, 4.69) is 39.8 Å². The lowest BCUT2D eigenvalue weighted by molar-refractivity contribution is 0.221. The van der Waals surface area contributed by atoms with Crippen molar-refractivity contribution in [1.82, 2.24) is 9.78 Å². The Balaban J connectivity index is 1.92. The highest BCUT2D eigenvalue weighted by Gasteiger charge is 2.32. The molecule has 3 nitrogen and oxygen atoms in total. The van der Waals surface area contributed by atoms with Gasteiger partial charge in [-0.3, -0.25) is 0 Å². The van der Waals surface area contributed by atoms with Gasteiger partial charge in [0.25, 0.3) is 0 Å². The SMILES string of the molecule is CC(C)c1nn2c(c1Br)NCCC2C1CCCCC1. The van der Waals surface area contributed by atoms with E-state index in [1.54, 1.807) is 0 Å². The molecule has 4 heteroatoms. The maximum atomic E-state index is 4.91. The van der Waals surface area contributed by atoms with E-state index in [4.69, 9.17) is 5.10 Å². The minimum absolute atomic E-state index is 0.473. The second-order valence-corrected chi connectivity index (χ2v) is 7.12. The van der Waals surface area contributed by atoms with Crippen LogP contribution in [0.15, 0.2) is 4.47 Å². The molecule has 1 unspecified atom stereocenters. The summed E-state index contributed by atoms with van der Waals surface area (Å²) in [5.41, 5.74) is 1.20. The van der Waals surface area contributed by atoms with E-state index in [0.29, 0.717) is 12.0 Å². The molecule has 0 saturated heterocycles. The summed E-state index contributed by atoms with van der Waals surface area (Å²) >= 11 is 3.74. The number of anilines is 1. The average Bonchev–Trinajstić information content (AvgIpc) is 2.78. The topological polar surface area (TPSA) is 29.9 Å². The van der Waals surface area contributed by atoms with Gasteiger partial charge in [0.05, 0.1) is 16.2 Å². The maximum absolute atomic E-state index is 4.91. The number of nitrogens with zero attached hydrogens (tertiary/aromatic N) is 2. The number of hydrogen-bond acceptors (Lipinski definition) is 2. The summed E-state index contributed by atoms with van der Waals surface area (Å²) < 4.78 is 3.47. The summed E-state index contributed by atoms with van der Waals surface area (Å²) in [6.07, 6.45) is 8.24. The first kappa shape index (κ1) is 13.5. The van der Waals surface area contributed by atoms with Crippen LogP contribution in [0.5, 0.6) is 0 Å². The predicted molar refractivity (Wildman–Crippen MR) is 82.7 cm³/mol. The molecule has 0 spiro atoms. The van der Waals surface area contributed by atoms with Crippen molar-refractivity contribution in [2.45, 2.75) is 64.3 Å². The zero-order chi connectivity index (χ0) is 13.4. The van der Waals surface area contributed by atoms with Gasteiger partial charge in [-0.05, 0) is 47.0 Å². The molecule has 1 N–H and O–H groups in total. The average molecular weight is 326 g/mol. The third-order valence-electron chi connectivity index (χ3n) is 4.66. The van der Waals surface area contributed by atoms with Crippen LogP contribution >= 0.6 is 15.9 Å². The smallest absolute Gasteiger partial charge is 0.139 e. The molecule has 1 aliphatic heterocycles. The van der Waals surface area contributed by atoms with E-state index < -0.39 is 0 Å². The van der Waals surface area contributed by atoms with Gasteiger partial charge >= 0.3 is 0 Å². The van der Waals surface area contributed by atoms with Gasteiger partial charge in [-0.15, -0.1) is 0 Å². The Morgan fingerprint density at radius 1 is 1.21 bits per heavy atom. The van der Waals surface area contributed by atoms with Crippen LogP contribution in [-0.2, 0) is 0 Å². The van der Waals surface area contributed by atoms with Gasteiger partial charge < -0.3 is 5.32 Å². The molecular formula is C15H24BrN3. The molecule has 0 bridgehead atoms. The van der Waals surface area contributed by atoms with Crippen molar-refractivity contribution in [2.75, 3.05) is 11.9 Å². The quantitative estimate of drug-likeness (QED) is 0.853. The van der Waals surface area contributed by atoms with Gasteiger partial charge in [-0.2, -0.15) is 5.10 Å². The van der Waals surface area contributed by atoms with Gasteiger partial charge in [0.2, 0.25) is 0 Å². The number of nitrogens with one attached hydrogen (secondary N) is 1. The van der Waals surface area contributed by atoms with Crippen molar-refractivity contribution in [3.63, 3.8) is 0 Å². The third kappa shape index (κ3) is 2.44. The first-order chi connectivity index (χ1) is 9.18. The second kappa shape index (κ2) is 5.47. The molecule has 2 aliphatic rings. The molecular weight excluding hydrogens is 302 g/mol. The van der Waals surface area contributed by atoms with Crippen molar-refractivity contribution in [3.05, 3.63) is 10.2 Å². The fraction of sp³-hybridized carbons (Fsp3) is 0.800. The van der Waals surface area contributed by atoms with Crippen molar-refractivity contribution in [2.24, 2.45) is 5.92 Å². The largest absolute Gasteiger partial charge is 0.369 e. The minimum atomic E-state index is 0.473. The van der Waals surface area contributed by atoms with Crippen LogP contribution in [0.2, 0.25) is 0 Å². The molecule has 1 aromatic rings. The van der Waals surface area contributed by atoms with Crippen molar-refractivity contribution in [1.29, 1.82) is 0 Å². The van der Waals surface area contributed by atoms with Gasteiger partial charge in [0.15, 0.2) is 0 Å². The van der Waals surface area contributed by atoms with E-state index in [9.17, 15) is 0 Å². The minimum Gasteiger partial charge on any atom is -0.369 e. The van der Waals surface area contributed by atoms with Crippen molar-refractivity contribution < 1.29 is 0 Å². The molecule has 19 heavy (non-hydrogen) atoms. The van der Waals surface area contributed by atoms with Crippen LogP contribution in [0.1, 0.15) is 70.0 Å². The van der Waals surface area contributed by atoms with E-state index in [1.165, 1.54) is 54.5 Å². The number of aromatic nitrogens is 2. The Kier molecular flexibility index (Phi) is 3.88. The van der Waals surface area contributed by atoms with E-state index in [-0.39, 0.29) is 0 Å². The Morgan fingerprint density at radius 3 is 2.63 bits per heavy atom. The molecule has 1 saturated carbocycles. The number of rotatable bonds is 2. The summed E-state index contributed by atoms with van der Waals surface area (Å²) in [6.45, 7) is 5.52. The predicted octanol–water partition coefficient (Wildman–Crippen LogP) is 4.71. The van der Waals surface area contributed by atoms with Crippen LogP contribution < -0.4 is 5.32 Å². The van der Waals surface area contributed by atoms with Crippen LogP contribution in [0.25, 0.3) is 0 Å². The molecule has 1 atom stereocenters. The molecule has 0 aromatic carbocycles. The lowest BCUT2D eigenvalue weighted by Gasteiger charge is -2.34. The van der Waals surface area contributed by atoms with E-state index in [0.717, 1.165) is 12.5 Å². The molecule has 0 radical (unpaired) electrons. The molecule has 1 fully saturated rings. The van der Waals surface area contributed by atoms with Crippen LogP contribution in [0, 0.1) is 5.92 Å². The molecule has 1 aliphatic carbocycles. The van der Waals surface area contributed by atoms with E-state index in [1.807, 2.05) is 0 Å². The van der Waals surface area contributed by atoms with Crippen LogP contribution in [-0.4, -0.2) is 16.3 Å². The Labute approximate surface area is 124 Å². The third-order valence-corrected chi connectivity index (χ3v) is 5.45. The van der Waals surface area contributed by atoms with Crippen molar-refractivity contribution in [3.8, 4) is 0 Å². The Hall–Kier alpha value is -0.510. The van der Waals surface area contributed by atoms with Gasteiger partial charge in [0, 0.05) is 6.54 Å². The highest BCUT2D eigenvalue weighted by molar-refractivity contribution is 9.10. The number of fused-ring (bicyclic) bond motifs is 1. The lowest BCUT2D eigenvalue weighted by Crippen LogP contribution is -2.30. The normalized spacial score (nSPS) is 24.3. The Bertz CT molecular complexity index is 446. The molecule has 1 aromatic heterocycles. The number of halogens is 1. The lowest BCUT2D eigenvalue weighted by atomic mass is 9.82. The standard InChI is InChI=1S/C15H24BrN3/c1-10(2)14-13(16)15-17-9-8-12(19(15)18-14)11-6-4-3-5-7-11/h10-12,17H,3-9H2,1-2H3. The maximum Gasteiger partial charge on any atom is 0.139 e. The highest BCUT2D eigenvalue weighted by atomic mass is 79.9. The fourth-order valence-corrected chi connectivity index (χ4v) is 4.47. The summed E-state index contributed by atoms with van der Waals surface area (Å²) in [7, 11) is 0. The van der Waals surface area contributed by atoms with Gasteiger partial charge in [0.1, 0.15) is 5.82 Å². The zero-order valence-corrected chi connectivity index (χ0v) is 13.5. The summed E-state index contributed by atoms with van der Waals surface area (Å²) in [5, 5.41) is 8.44. The molecule has 0 amide bonds. The molecule has 3 rings (SSSR count). The summed E-state index contributed by atoms with van der Waals surface area (Å²) in [5.74, 6) is 2.52. The first-order valence-electron chi connectivity index (χ1n) is 7.70. The summed E-state index contributed by atoms with van der Waals surface area (Å²) in [4.78, 5) is 0. The second-order valence-electron chi connectivity index (χ2n) is 6.33. The van der Waals surface area contributed by atoms with Gasteiger partial charge in [-0.25, -0.2) is 4.68 Å². The molecule has 106 valence electrons. The fourth-order valence-electron chi connectivity index (χ4n) is 3.61. The molecule has 2 heterocycles. The zero-order valence-electron chi connectivity index (χ0n) is 12.0. The van der Waals surface area contributed by atoms with Crippen molar-refractivity contribution >= 4 is 21.7 Å². The summed E-state index contributed by atoms with van der Waals surface area (Å²) in [6, 6.07) is 0.611. The van der Waals surface area contributed by atoms with Gasteiger partial charge in [-0.1, -0.05) is 33.1 Å². The Morgan fingerprint density at radius 2 is 1.95 bits per heavy atom. The van der Waals surface area contributed by atoms with E-state index >= 15 is 0 Å². The van der Waals surface area contributed by atoms with Crippen LogP contribution in [0.3, 0.4) is 0 Å². The number of hydrogen-bond donors (Lipinski definition) is 1. The monoisotopic (exact) mass is 325 g/mol. The first-order valence-corrected chi connectivity index (χ1v) is 8.49.